The molecule has 1 aliphatic rings. The molecule has 0 aliphatic heterocycles. The van der Waals surface area contributed by atoms with Gasteiger partial charge in [-0.2, -0.15) is 0 Å². The number of hydrogen-bond acceptors (Lipinski definition) is 3. The second-order valence-corrected chi connectivity index (χ2v) is 6.14. The Labute approximate surface area is 135 Å². The Balaban J connectivity index is 2.04. The van der Waals surface area contributed by atoms with E-state index in [0.29, 0.717) is 5.69 Å². The van der Waals surface area contributed by atoms with Crippen molar-refractivity contribution in [2.75, 3.05) is 17.2 Å². The highest BCUT2D eigenvalue weighted by Gasteiger charge is 2.22. The number of benzene rings is 1. The molecule has 2 amide bonds. The molecular formula is C17H24FN3O2. The van der Waals surface area contributed by atoms with E-state index in [-0.39, 0.29) is 35.9 Å². The maximum atomic E-state index is 13.9. The summed E-state index contributed by atoms with van der Waals surface area (Å²) in [5.41, 5.74) is 5.99. The number of carbonyl (C=O) groups excluding carboxylic acids is 2. The van der Waals surface area contributed by atoms with Gasteiger partial charge in [0.25, 0.3) is 0 Å². The highest BCUT2D eigenvalue weighted by molar-refractivity contribution is 5.95. The highest BCUT2D eigenvalue weighted by atomic mass is 19.1. The van der Waals surface area contributed by atoms with Gasteiger partial charge >= 0.3 is 0 Å². The minimum absolute atomic E-state index is 0.0568. The average molecular weight is 321 g/mol. The van der Waals surface area contributed by atoms with E-state index in [9.17, 15) is 14.0 Å². The topological polar surface area (TPSA) is 84.2 Å². The third-order valence-electron chi connectivity index (χ3n) is 4.27. The number of hydrogen-bond donors (Lipinski definition) is 3. The number of anilines is 2. The van der Waals surface area contributed by atoms with Crippen molar-refractivity contribution in [2.45, 2.75) is 39.0 Å². The lowest BCUT2D eigenvalue weighted by Crippen LogP contribution is -2.27. The van der Waals surface area contributed by atoms with Crippen LogP contribution in [-0.2, 0) is 9.59 Å². The number of rotatable bonds is 5. The van der Waals surface area contributed by atoms with Gasteiger partial charge in [-0.3, -0.25) is 9.59 Å². The molecule has 1 aliphatic carbocycles. The SMILES string of the molecule is CC(CN)C(=O)Nc1ccc(F)c(NC(=O)C2CCCCC2)c1. The average Bonchev–Trinajstić information content (AvgIpc) is 2.57. The molecule has 6 heteroatoms. The van der Waals surface area contributed by atoms with Crippen LogP contribution in [0.1, 0.15) is 39.0 Å². The zero-order chi connectivity index (χ0) is 16.8. The van der Waals surface area contributed by atoms with E-state index in [0.717, 1.165) is 32.1 Å². The van der Waals surface area contributed by atoms with Gasteiger partial charge in [0, 0.05) is 24.1 Å². The predicted molar refractivity (Wildman–Crippen MR) is 88.5 cm³/mol. The van der Waals surface area contributed by atoms with Crippen LogP contribution in [0.25, 0.3) is 0 Å². The van der Waals surface area contributed by atoms with Gasteiger partial charge in [0.1, 0.15) is 5.82 Å². The molecule has 1 unspecified atom stereocenters. The lowest BCUT2D eigenvalue weighted by Gasteiger charge is -2.21. The summed E-state index contributed by atoms with van der Waals surface area (Å²) in [4.78, 5) is 24.1. The highest BCUT2D eigenvalue weighted by Crippen LogP contribution is 2.26. The summed E-state index contributed by atoms with van der Waals surface area (Å²) in [6.45, 7) is 1.95. The number of nitrogens with two attached hydrogens (primary N) is 1. The minimum Gasteiger partial charge on any atom is -0.330 e. The summed E-state index contributed by atoms with van der Waals surface area (Å²) in [7, 11) is 0. The maximum absolute atomic E-state index is 13.9. The van der Waals surface area contributed by atoms with E-state index in [4.69, 9.17) is 5.73 Å². The Kier molecular flexibility index (Phi) is 6.10. The summed E-state index contributed by atoms with van der Waals surface area (Å²) in [6, 6.07) is 4.14. The number of nitrogens with one attached hydrogen (secondary N) is 2. The molecule has 0 spiro atoms. The number of halogens is 1. The van der Waals surface area contributed by atoms with Crippen LogP contribution < -0.4 is 16.4 Å². The molecule has 4 N–H and O–H groups in total. The largest absolute Gasteiger partial charge is 0.330 e. The van der Waals surface area contributed by atoms with Crippen molar-refractivity contribution < 1.29 is 14.0 Å². The quantitative estimate of drug-likeness (QED) is 0.779. The number of amides is 2. The minimum atomic E-state index is -0.515. The van der Waals surface area contributed by atoms with Crippen molar-refractivity contribution in [1.29, 1.82) is 0 Å². The molecule has 0 radical (unpaired) electrons. The van der Waals surface area contributed by atoms with Crippen molar-refractivity contribution in [2.24, 2.45) is 17.6 Å². The van der Waals surface area contributed by atoms with Gasteiger partial charge in [0.2, 0.25) is 11.8 Å². The summed E-state index contributed by atoms with van der Waals surface area (Å²) in [5, 5.41) is 5.32. The van der Waals surface area contributed by atoms with E-state index in [1.165, 1.54) is 18.2 Å². The van der Waals surface area contributed by atoms with E-state index >= 15 is 0 Å². The molecule has 0 bridgehead atoms. The van der Waals surface area contributed by atoms with E-state index in [2.05, 4.69) is 10.6 Å². The summed E-state index contributed by atoms with van der Waals surface area (Å²) in [6.07, 6.45) is 4.91. The summed E-state index contributed by atoms with van der Waals surface area (Å²) in [5.74, 6) is -1.29. The third-order valence-corrected chi connectivity index (χ3v) is 4.27. The fourth-order valence-corrected chi connectivity index (χ4v) is 2.67. The first-order valence-corrected chi connectivity index (χ1v) is 8.12. The molecule has 23 heavy (non-hydrogen) atoms. The van der Waals surface area contributed by atoms with Crippen LogP contribution in [0.3, 0.4) is 0 Å². The van der Waals surface area contributed by atoms with Crippen molar-refractivity contribution in [3.8, 4) is 0 Å². The molecule has 1 saturated carbocycles. The van der Waals surface area contributed by atoms with Crippen molar-refractivity contribution in [3.05, 3.63) is 24.0 Å². The Morgan fingerprint density at radius 3 is 2.61 bits per heavy atom. The van der Waals surface area contributed by atoms with Crippen LogP contribution in [0.4, 0.5) is 15.8 Å². The first kappa shape index (κ1) is 17.4. The Bertz CT molecular complexity index is 571. The zero-order valence-electron chi connectivity index (χ0n) is 13.4. The zero-order valence-corrected chi connectivity index (χ0v) is 13.4. The smallest absolute Gasteiger partial charge is 0.228 e. The maximum Gasteiger partial charge on any atom is 0.228 e. The summed E-state index contributed by atoms with van der Waals surface area (Å²) < 4.78 is 13.9. The standard InChI is InChI=1S/C17H24FN3O2/c1-11(10-19)16(22)20-13-7-8-14(18)15(9-13)21-17(23)12-5-3-2-4-6-12/h7-9,11-12H,2-6,10,19H2,1H3,(H,20,22)(H,21,23). The fourth-order valence-electron chi connectivity index (χ4n) is 2.67. The molecule has 1 fully saturated rings. The van der Waals surface area contributed by atoms with Gasteiger partial charge < -0.3 is 16.4 Å². The van der Waals surface area contributed by atoms with Gasteiger partial charge in [-0.1, -0.05) is 26.2 Å². The Morgan fingerprint density at radius 1 is 1.26 bits per heavy atom. The molecule has 1 aromatic rings. The van der Waals surface area contributed by atoms with Crippen LogP contribution in [0.2, 0.25) is 0 Å². The van der Waals surface area contributed by atoms with Crippen LogP contribution in [0.5, 0.6) is 0 Å². The number of carbonyl (C=O) groups is 2. The fraction of sp³-hybridized carbons (Fsp3) is 0.529. The van der Waals surface area contributed by atoms with Gasteiger partial charge in [0.05, 0.1) is 5.69 Å². The van der Waals surface area contributed by atoms with Gasteiger partial charge in [-0.05, 0) is 31.0 Å². The molecule has 5 nitrogen and oxygen atoms in total. The molecule has 0 saturated heterocycles. The van der Waals surface area contributed by atoms with Gasteiger partial charge in [-0.25, -0.2) is 4.39 Å². The summed E-state index contributed by atoms with van der Waals surface area (Å²) >= 11 is 0. The van der Waals surface area contributed by atoms with Gasteiger partial charge in [0.15, 0.2) is 0 Å². The van der Waals surface area contributed by atoms with E-state index < -0.39 is 5.82 Å². The second kappa shape index (κ2) is 8.06. The first-order valence-electron chi connectivity index (χ1n) is 8.12. The van der Waals surface area contributed by atoms with Crippen LogP contribution in [0.15, 0.2) is 18.2 Å². The van der Waals surface area contributed by atoms with Gasteiger partial charge in [-0.15, -0.1) is 0 Å². The monoisotopic (exact) mass is 321 g/mol. The van der Waals surface area contributed by atoms with Crippen LogP contribution in [-0.4, -0.2) is 18.4 Å². The van der Waals surface area contributed by atoms with Crippen molar-refractivity contribution in [1.82, 2.24) is 0 Å². The Morgan fingerprint density at radius 2 is 1.96 bits per heavy atom. The Hall–Kier alpha value is -1.95. The lowest BCUT2D eigenvalue weighted by molar-refractivity contribution is -0.121. The molecule has 126 valence electrons. The normalized spacial score (nSPS) is 16.7. The molecule has 1 aromatic carbocycles. The van der Waals surface area contributed by atoms with Crippen LogP contribution >= 0.6 is 0 Å². The van der Waals surface area contributed by atoms with E-state index in [1.54, 1.807) is 6.92 Å². The predicted octanol–water partition coefficient (Wildman–Crippen LogP) is 2.88. The molecule has 0 heterocycles. The molecule has 0 aromatic heterocycles. The lowest BCUT2D eigenvalue weighted by atomic mass is 9.88. The van der Waals surface area contributed by atoms with Crippen molar-refractivity contribution in [3.63, 3.8) is 0 Å². The second-order valence-electron chi connectivity index (χ2n) is 6.14. The first-order chi connectivity index (χ1) is 11.0. The molecule has 1 atom stereocenters. The molecular weight excluding hydrogens is 297 g/mol. The van der Waals surface area contributed by atoms with Crippen LogP contribution in [0, 0.1) is 17.7 Å². The molecule has 2 rings (SSSR count). The van der Waals surface area contributed by atoms with E-state index in [1.807, 2.05) is 0 Å². The third kappa shape index (κ3) is 4.76. The van der Waals surface area contributed by atoms with Crippen molar-refractivity contribution >= 4 is 23.2 Å².